The fraction of sp³-hybridized carbons (Fsp3) is 0.417. The van der Waals surface area contributed by atoms with Gasteiger partial charge in [-0.05, 0) is 12.8 Å². The number of nitrogens with zero attached hydrogens (tertiary/aromatic N) is 2. The van der Waals surface area contributed by atoms with E-state index in [1.165, 1.54) is 7.11 Å². The number of aromatic nitrogens is 3. The molecule has 0 saturated heterocycles. The number of anilines is 1. The lowest BCUT2D eigenvalue weighted by molar-refractivity contribution is 0.0603. The maximum Gasteiger partial charge on any atom is 0.340 e. The Labute approximate surface area is 104 Å². The second-order valence-electron chi connectivity index (χ2n) is 4.91. The largest absolute Gasteiger partial charge is 0.465 e. The quantitative estimate of drug-likeness (QED) is 0.781. The van der Waals surface area contributed by atoms with Gasteiger partial charge in [-0.15, -0.1) is 0 Å². The molecule has 0 atom stereocenters. The van der Waals surface area contributed by atoms with Crippen molar-refractivity contribution in [2.75, 3.05) is 12.8 Å². The Kier molecular flexibility index (Phi) is 2.10. The third kappa shape index (κ3) is 1.45. The second-order valence-corrected chi connectivity index (χ2v) is 4.91. The summed E-state index contributed by atoms with van der Waals surface area (Å²) in [6.45, 7) is 2.11. The summed E-state index contributed by atoms with van der Waals surface area (Å²) in [5.41, 5.74) is 6.94. The summed E-state index contributed by atoms with van der Waals surface area (Å²) in [5.74, 6) is 0.623. The average molecular weight is 246 g/mol. The molecule has 3 N–H and O–H groups in total. The molecule has 1 saturated carbocycles. The predicted octanol–water partition coefficient (Wildman–Crippen LogP) is 1.38. The van der Waals surface area contributed by atoms with Gasteiger partial charge in [-0.25, -0.2) is 14.8 Å². The minimum absolute atomic E-state index is 0.0405. The van der Waals surface area contributed by atoms with E-state index in [0.717, 1.165) is 18.7 Å². The van der Waals surface area contributed by atoms with Crippen molar-refractivity contribution in [1.82, 2.24) is 15.0 Å². The molecule has 6 heteroatoms. The molecule has 0 amide bonds. The molecule has 18 heavy (non-hydrogen) atoms. The van der Waals surface area contributed by atoms with Crippen molar-refractivity contribution in [3.63, 3.8) is 0 Å². The standard InChI is InChI=1S/C12H14N4O2/c1-12(3-4-12)11-15-8(13)7-6(10(17)18-2)5-14-9(7)16-11/h5H,3-4H2,1-2H3,(H3,13,14,15,16). The summed E-state index contributed by atoms with van der Waals surface area (Å²) in [7, 11) is 1.33. The summed E-state index contributed by atoms with van der Waals surface area (Å²) < 4.78 is 4.70. The highest BCUT2D eigenvalue weighted by Gasteiger charge is 2.42. The first kappa shape index (κ1) is 11.0. The maximum atomic E-state index is 11.6. The topological polar surface area (TPSA) is 93.9 Å². The molecular weight excluding hydrogens is 232 g/mol. The number of nitrogens with two attached hydrogens (primary N) is 1. The molecular formula is C12H14N4O2. The molecule has 2 aromatic rings. The van der Waals surface area contributed by atoms with Gasteiger partial charge < -0.3 is 15.5 Å². The van der Waals surface area contributed by atoms with E-state index in [4.69, 9.17) is 10.5 Å². The van der Waals surface area contributed by atoms with Crippen molar-refractivity contribution in [2.24, 2.45) is 0 Å². The Morgan fingerprint density at radius 2 is 2.22 bits per heavy atom. The van der Waals surface area contributed by atoms with Gasteiger partial charge in [0, 0.05) is 11.6 Å². The van der Waals surface area contributed by atoms with Crippen molar-refractivity contribution < 1.29 is 9.53 Å². The fourth-order valence-corrected chi connectivity index (χ4v) is 2.01. The van der Waals surface area contributed by atoms with E-state index in [1.807, 2.05) is 0 Å². The van der Waals surface area contributed by atoms with Gasteiger partial charge in [0.1, 0.15) is 17.3 Å². The van der Waals surface area contributed by atoms with Crippen molar-refractivity contribution >= 4 is 22.8 Å². The van der Waals surface area contributed by atoms with Crippen LogP contribution in [0.3, 0.4) is 0 Å². The van der Waals surface area contributed by atoms with E-state index in [-0.39, 0.29) is 5.41 Å². The Bertz CT molecular complexity index is 643. The molecule has 1 aliphatic carbocycles. The van der Waals surface area contributed by atoms with Gasteiger partial charge >= 0.3 is 5.97 Å². The van der Waals surface area contributed by atoms with E-state index >= 15 is 0 Å². The molecule has 1 aliphatic rings. The van der Waals surface area contributed by atoms with Gasteiger partial charge in [-0.2, -0.15) is 0 Å². The second kappa shape index (κ2) is 3.44. The van der Waals surface area contributed by atoms with Gasteiger partial charge in [0.25, 0.3) is 0 Å². The summed E-state index contributed by atoms with van der Waals surface area (Å²) in [6, 6.07) is 0. The highest BCUT2D eigenvalue weighted by Crippen LogP contribution is 2.46. The maximum absolute atomic E-state index is 11.6. The first-order valence-corrected chi connectivity index (χ1v) is 5.78. The smallest absolute Gasteiger partial charge is 0.340 e. The lowest BCUT2D eigenvalue weighted by Gasteiger charge is -2.08. The van der Waals surface area contributed by atoms with E-state index in [9.17, 15) is 4.79 Å². The van der Waals surface area contributed by atoms with Crippen molar-refractivity contribution in [3.05, 3.63) is 17.6 Å². The van der Waals surface area contributed by atoms with Crippen LogP contribution in [-0.2, 0) is 10.2 Å². The Morgan fingerprint density at radius 1 is 1.50 bits per heavy atom. The summed E-state index contributed by atoms with van der Waals surface area (Å²) in [4.78, 5) is 23.3. The first-order chi connectivity index (χ1) is 8.55. The van der Waals surface area contributed by atoms with Gasteiger partial charge in [0.05, 0.1) is 18.1 Å². The Balaban J connectivity index is 2.20. The van der Waals surface area contributed by atoms with Crippen LogP contribution in [0, 0.1) is 0 Å². The number of H-pyrrole nitrogens is 1. The van der Waals surface area contributed by atoms with Crippen LogP contribution in [0.5, 0.6) is 0 Å². The molecule has 6 nitrogen and oxygen atoms in total. The predicted molar refractivity (Wildman–Crippen MR) is 66.2 cm³/mol. The molecule has 0 aromatic carbocycles. The van der Waals surface area contributed by atoms with E-state index in [1.54, 1.807) is 6.20 Å². The number of carbonyl (C=O) groups excluding carboxylic acids is 1. The van der Waals surface area contributed by atoms with Gasteiger partial charge in [0.15, 0.2) is 0 Å². The van der Waals surface area contributed by atoms with Crippen molar-refractivity contribution in [2.45, 2.75) is 25.2 Å². The number of hydrogen-bond acceptors (Lipinski definition) is 5. The lowest BCUT2D eigenvalue weighted by atomic mass is 10.1. The number of nitrogen functional groups attached to an aromatic ring is 1. The van der Waals surface area contributed by atoms with E-state index in [2.05, 4.69) is 21.9 Å². The normalized spacial score (nSPS) is 16.8. The molecule has 0 spiro atoms. The van der Waals surface area contributed by atoms with Gasteiger partial charge in [0.2, 0.25) is 0 Å². The van der Waals surface area contributed by atoms with Crippen LogP contribution >= 0.6 is 0 Å². The van der Waals surface area contributed by atoms with Crippen LogP contribution < -0.4 is 5.73 Å². The highest BCUT2D eigenvalue weighted by molar-refractivity contribution is 6.06. The van der Waals surface area contributed by atoms with E-state index < -0.39 is 5.97 Å². The number of hydrogen-bond donors (Lipinski definition) is 2. The number of ether oxygens (including phenoxy) is 1. The molecule has 0 radical (unpaired) electrons. The SMILES string of the molecule is COC(=O)c1c[nH]c2nc(C3(C)CC3)nc(N)c12. The molecule has 3 rings (SSSR count). The van der Waals surface area contributed by atoms with E-state index in [0.29, 0.717) is 22.4 Å². The van der Waals surface area contributed by atoms with Crippen LogP contribution in [0.15, 0.2) is 6.20 Å². The zero-order valence-corrected chi connectivity index (χ0v) is 10.3. The van der Waals surface area contributed by atoms with Gasteiger partial charge in [-0.1, -0.05) is 6.92 Å². The van der Waals surface area contributed by atoms with Crippen LogP contribution in [0.1, 0.15) is 35.9 Å². The number of esters is 1. The number of methoxy groups -OCH3 is 1. The van der Waals surface area contributed by atoms with Crippen LogP contribution in [0.25, 0.3) is 11.0 Å². The number of fused-ring (bicyclic) bond motifs is 1. The zero-order valence-electron chi connectivity index (χ0n) is 10.3. The molecule has 0 bridgehead atoms. The highest BCUT2D eigenvalue weighted by atomic mass is 16.5. The zero-order chi connectivity index (χ0) is 12.9. The fourth-order valence-electron chi connectivity index (χ4n) is 2.01. The summed E-state index contributed by atoms with van der Waals surface area (Å²) >= 11 is 0. The minimum Gasteiger partial charge on any atom is -0.465 e. The van der Waals surface area contributed by atoms with Crippen molar-refractivity contribution in [1.29, 1.82) is 0 Å². The van der Waals surface area contributed by atoms with Crippen LogP contribution in [0.4, 0.5) is 5.82 Å². The number of aromatic amines is 1. The molecule has 2 heterocycles. The Morgan fingerprint density at radius 3 is 2.83 bits per heavy atom. The summed E-state index contributed by atoms with van der Waals surface area (Å²) in [5, 5.41) is 0.537. The van der Waals surface area contributed by atoms with Crippen molar-refractivity contribution in [3.8, 4) is 0 Å². The Hall–Kier alpha value is -2.11. The monoisotopic (exact) mass is 246 g/mol. The van der Waals surface area contributed by atoms with Crippen LogP contribution in [-0.4, -0.2) is 28.0 Å². The lowest BCUT2D eigenvalue weighted by Crippen LogP contribution is -2.10. The average Bonchev–Trinajstić information content (AvgIpc) is 2.96. The number of carbonyl (C=O) groups is 1. The minimum atomic E-state index is -0.443. The summed E-state index contributed by atoms with van der Waals surface area (Å²) in [6.07, 6.45) is 3.70. The number of rotatable bonds is 2. The first-order valence-electron chi connectivity index (χ1n) is 5.78. The molecule has 1 fully saturated rings. The molecule has 2 aromatic heterocycles. The molecule has 0 aliphatic heterocycles. The van der Waals surface area contributed by atoms with Gasteiger partial charge in [-0.3, -0.25) is 0 Å². The van der Waals surface area contributed by atoms with Crippen LogP contribution in [0.2, 0.25) is 0 Å². The number of nitrogens with one attached hydrogen (secondary N) is 1. The molecule has 0 unspecified atom stereocenters. The third-order valence-electron chi connectivity index (χ3n) is 3.50. The molecule has 94 valence electrons. The third-order valence-corrected chi connectivity index (χ3v) is 3.50.